The van der Waals surface area contributed by atoms with Crippen LogP contribution in [0.15, 0.2) is 41.0 Å². The number of carbonyl (C=O) groups is 1. The molecule has 0 saturated carbocycles. The molecule has 2 aliphatic rings. The summed E-state index contributed by atoms with van der Waals surface area (Å²) in [6, 6.07) is 9.76. The van der Waals surface area contributed by atoms with E-state index in [1.54, 1.807) is 12.3 Å². The van der Waals surface area contributed by atoms with Crippen molar-refractivity contribution in [2.24, 2.45) is 0 Å². The molecule has 1 amide bonds. The van der Waals surface area contributed by atoms with Gasteiger partial charge in [-0.2, -0.15) is 0 Å². The quantitative estimate of drug-likeness (QED) is 0.780. The van der Waals surface area contributed by atoms with Crippen molar-refractivity contribution in [1.29, 1.82) is 0 Å². The van der Waals surface area contributed by atoms with Gasteiger partial charge in [-0.15, -0.1) is 0 Å². The first-order valence-corrected chi connectivity index (χ1v) is 8.98. The zero-order valence-electron chi connectivity index (χ0n) is 14.3. The van der Waals surface area contributed by atoms with Gasteiger partial charge in [0.25, 0.3) is 0 Å². The SMILES string of the molecule is O=C(Cc1coc2cc3c(cc12)CCC3)Nc1ccc2c(c1)OCCO2. The zero-order chi connectivity index (χ0) is 17.5. The Kier molecular flexibility index (Phi) is 3.59. The molecule has 5 rings (SSSR count). The molecule has 1 N–H and O–H groups in total. The first-order chi connectivity index (χ1) is 12.8. The van der Waals surface area contributed by atoms with Crippen molar-refractivity contribution in [1.82, 2.24) is 0 Å². The molecule has 0 spiro atoms. The van der Waals surface area contributed by atoms with Gasteiger partial charge in [0.05, 0.1) is 12.7 Å². The Morgan fingerprint density at radius 1 is 1.00 bits per heavy atom. The van der Waals surface area contributed by atoms with Crippen molar-refractivity contribution in [3.05, 3.63) is 53.3 Å². The lowest BCUT2D eigenvalue weighted by Gasteiger charge is -2.19. The lowest BCUT2D eigenvalue weighted by atomic mass is 10.0. The van der Waals surface area contributed by atoms with Crippen LogP contribution in [0, 0.1) is 0 Å². The van der Waals surface area contributed by atoms with E-state index in [-0.39, 0.29) is 12.3 Å². The van der Waals surface area contributed by atoms with Gasteiger partial charge in [-0.05, 0) is 54.7 Å². The number of amides is 1. The number of rotatable bonds is 3. The predicted octanol–water partition coefficient (Wildman–Crippen LogP) is 3.87. The van der Waals surface area contributed by atoms with Crippen LogP contribution in [-0.2, 0) is 24.1 Å². The van der Waals surface area contributed by atoms with Crippen LogP contribution in [0.25, 0.3) is 11.0 Å². The van der Waals surface area contributed by atoms with Crippen LogP contribution in [0.4, 0.5) is 5.69 Å². The third-order valence-corrected chi connectivity index (χ3v) is 5.05. The lowest BCUT2D eigenvalue weighted by molar-refractivity contribution is -0.115. The maximum atomic E-state index is 12.5. The first kappa shape index (κ1) is 15.3. The third-order valence-electron chi connectivity index (χ3n) is 5.05. The Balaban J connectivity index is 1.35. The molecule has 0 bridgehead atoms. The smallest absolute Gasteiger partial charge is 0.228 e. The summed E-state index contributed by atoms with van der Waals surface area (Å²) in [5.74, 6) is 1.30. The third kappa shape index (κ3) is 2.69. The van der Waals surface area contributed by atoms with Crippen LogP contribution in [0.2, 0.25) is 0 Å². The van der Waals surface area contributed by atoms with E-state index < -0.39 is 0 Å². The number of carbonyl (C=O) groups excluding carboxylic acids is 1. The predicted molar refractivity (Wildman–Crippen MR) is 98.0 cm³/mol. The summed E-state index contributed by atoms with van der Waals surface area (Å²) in [4.78, 5) is 12.5. The van der Waals surface area contributed by atoms with Gasteiger partial charge >= 0.3 is 0 Å². The molecule has 1 aliphatic heterocycles. The van der Waals surface area contributed by atoms with E-state index in [9.17, 15) is 4.79 Å². The minimum absolute atomic E-state index is 0.0788. The standard InChI is InChI=1S/C21H19NO4/c23-21(22-16-4-5-18-20(11-16)25-7-6-24-18)10-15-12-26-19-9-14-3-1-2-13(14)8-17(15)19/h4-5,8-9,11-12H,1-3,6-7,10H2,(H,22,23). The summed E-state index contributed by atoms with van der Waals surface area (Å²) >= 11 is 0. The molecular weight excluding hydrogens is 330 g/mol. The molecule has 132 valence electrons. The van der Waals surface area contributed by atoms with E-state index in [0.29, 0.717) is 30.4 Å². The van der Waals surface area contributed by atoms with E-state index in [1.165, 1.54) is 17.5 Å². The molecule has 0 radical (unpaired) electrons. The molecular formula is C21H19NO4. The van der Waals surface area contributed by atoms with Crippen molar-refractivity contribution in [2.45, 2.75) is 25.7 Å². The highest BCUT2D eigenvalue weighted by molar-refractivity contribution is 5.95. The summed E-state index contributed by atoms with van der Waals surface area (Å²) in [5.41, 5.74) is 5.25. The van der Waals surface area contributed by atoms with Gasteiger partial charge in [0.1, 0.15) is 18.8 Å². The Morgan fingerprint density at radius 2 is 1.81 bits per heavy atom. The average molecular weight is 349 g/mol. The van der Waals surface area contributed by atoms with Crippen molar-refractivity contribution >= 4 is 22.6 Å². The van der Waals surface area contributed by atoms with Gasteiger partial charge in [0.15, 0.2) is 11.5 Å². The summed E-state index contributed by atoms with van der Waals surface area (Å²) in [6.45, 7) is 1.08. The Bertz CT molecular complexity index is 1000. The Hall–Kier alpha value is -2.95. The highest BCUT2D eigenvalue weighted by Gasteiger charge is 2.17. The lowest BCUT2D eigenvalue weighted by Crippen LogP contribution is -2.17. The second-order valence-corrected chi connectivity index (χ2v) is 6.81. The van der Waals surface area contributed by atoms with E-state index in [1.807, 2.05) is 12.1 Å². The Morgan fingerprint density at radius 3 is 2.69 bits per heavy atom. The van der Waals surface area contributed by atoms with Crippen molar-refractivity contribution in [3.8, 4) is 11.5 Å². The van der Waals surface area contributed by atoms with Crippen LogP contribution in [0.3, 0.4) is 0 Å². The monoisotopic (exact) mass is 349 g/mol. The molecule has 1 aromatic heterocycles. The highest BCUT2D eigenvalue weighted by atomic mass is 16.6. The minimum Gasteiger partial charge on any atom is -0.486 e. The number of ether oxygens (including phenoxy) is 2. The van der Waals surface area contributed by atoms with E-state index in [4.69, 9.17) is 13.9 Å². The molecule has 2 heterocycles. The second kappa shape index (κ2) is 6.09. The molecule has 0 fully saturated rings. The topological polar surface area (TPSA) is 60.7 Å². The summed E-state index contributed by atoms with van der Waals surface area (Å²) in [6.07, 6.45) is 5.40. The number of anilines is 1. The molecule has 0 unspecified atom stereocenters. The number of furan rings is 1. The largest absolute Gasteiger partial charge is 0.486 e. The van der Waals surface area contributed by atoms with Crippen LogP contribution in [0.1, 0.15) is 23.1 Å². The van der Waals surface area contributed by atoms with Gasteiger partial charge in [0.2, 0.25) is 5.91 Å². The maximum absolute atomic E-state index is 12.5. The molecule has 0 saturated heterocycles. The van der Waals surface area contributed by atoms with Crippen molar-refractivity contribution < 1.29 is 18.7 Å². The fourth-order valence-corrected chi connectivity index (χ4v) is 3.78. The maximum Gasteiger partial charge on any atom is 0.228 e. The summed E-state index contributed by atoms with van der Waals surface area (Å²) in [7, 11) is 0. The van der Waals surface area contributed by atoms with E-state index >= 15 is 0 Å². The number of aryl methyl sites for hydroxylation is 2. The summed E-state index contributed by atoms with van der Waals surface area (Å²) < 4.78 is 16.7. The van der Waals surface area contributed by atoms with Gasteiger partial charge in [-0.3, -0.25) is 4.79 Å². The molecule has 3 aromatic rings. The number of hydrogen-bond donors (Lipinski definition) is 1. The van der Waals surface area contributed by atoms with Crippen LogP contribution >= 0.6 is 0 Å². The van der Waals surface area contributed by atoms with Gasteiger partial charge in [0, 0.05) is 22.7 Å². The van der Waals surface area contributed by atoms with Crippen molar-refractivity contribution in [3.63, 3.8) is 0 Å². The van der Waals surface area contributed by atoms with E-state index in [0.717, 1.165) is 29.4 Å². The van der Waals surface area contributed by atoms with Gasteiger partial charge in [-0.1, -0.05) is 0 Å². The first-order valence-electron chi connectivity index (χ1n) is 8.98. The molecule has 26 heavy (non-hydrogen) atoms. The second-order valence-electron chi connectivity index (χ2n) is 6.81. The fourth-order valence-electron chi connectivity index (χ4n) is 3.78. The number of benzene rings is 2. The normalized spacial score (nSPS) is 15.1. The van der Waals surface area contributed by atoms with Crippen LogP contribution in [0.5, 0.6) is 11.5 Å². The molecule has 0 atom stereocenters. The number of nitrogens with one attached hydrogen (secondary N) is 1. The van der Waals surface area contributed by atoms with Crippen LogP contribution < -0.4 is 14.8 Å². The average Bonchev–Trinajstić information content (AvgIpc) is 3.26. The number of hydrogen-bond acceptors (Lipinski definition) is 4. The van der Waals surface area contributed by atoms with Crippen LogP contribution in [-0.4, -0.2) is 19.1 Å². The number of fused-ring (bicyclic) bond motifs is 3. The summed E-state index contributed by atoms with van der Waals surface area (Å²) in [5, 5.41) is 3.98. The minimum atomic E-state index is -0.0788. The van der Waals surface area contributed by atoms with Gasteiger partial charge < -0.3 is 19.2 Å². The highest BCUT2D eigenvalue weighted by Crippen LogP contribution is 2.33. The molecule has 2 aromatic carbocycles. The van der Waals surface area contributed by atoms with Crippen molar-refractivity contribution in [2.75, 3.05) is 18.5 Å². The zero-order valence-corrected chi connectivity index (χ0v) is 14.3. The molecule has 1 aliphatic carbocycles. The molecule has 5 nitrogen and oxygen atoms in total. The Labute approximate surface area is 150 Å². The van der Waals surface area contributed by atoms with E-state index in [2.05, 4.69) is 17.4 Å². The fraction of sp³-hybridized carbons (Fsp3) is 0.286. The molecule has 5 heteroatoms. The van der Waals surface area contributed by atoms with Gasteiger partial charge in [-0.25, -0.2) is 0 Å².